The van der Waals surface area contributed by atoms with Gasteiger partial charge in [-0.2, -0.15) is 0 Å². The number of carbonyl (C=O) groups is 1. The largest absolute Gasteiger partial charge is 0.508 e. The van der Waals surface area contributed by atoms with Crippen molar-refractivity contribution in [1.82, 2.24) is 5.32 Å². The Labute approximate surface area is 153 Å². The highest BCUT2D eigenvalue weighted by atomic mass is 16.3. The first-order valence-electron chi connectivity index (χ1n) is 8.82. The van der Waals surface area contributed by atoms with Crippen molar-refractivity contribution in [3.8, 4) is 17.2 Å². The molecule has 0 heterocycles. The summed E-state index contributed by atoms with van der Waals surface area (Å²) in [6.45, 7) is 2.71. The molecule has 0 radical (unpaired) electrons. The molecule has 5 heteroatoms. The molecular weight excluding hydrogens is 330 g/mol. The Hall–Kier alpha value is -2.95. The van der Waals surface area contributed by atoms with Gasteiger partial charge < -0.3 is 20.6 Å². The van der Waals surface area contributed by atoms with E-state index in [-0.39, 0.29) is 28.7 Å². The summed E-state index contributed by atoms with van der Waals surface area (Å²) in [6, 6.07) is 8.97. The maximum atomic E-state index is 12.3. The summed E-state index contributed by atoms with van der Waals surface area (Å²) in [5.41, 5.74) is 1.37. The highest BCUT2D eigenvalue weighted by Gasteiger charge is 2.11. The number of phenols is 3. The number of rotatable bonds is 8. The van der Waals surface area contributed by atoms with Gasteiger partial charge in [-0.1, -0.05) is 44.4 Å². The second-order valence-corrected chi connectivity index (χ2v) is 6.17. The standard InChI is InChI=1S/C21H25NO4/c1-2-3-4-5-12-22-21(26)18-13-15(7-10-20(18)25)6-8-16-14-17(23)9-11-19(16)24/h6-11,13-14,23-25H,2-5,12H2,1H3,(H,22,26)/b8-6+. The maximum Gasteiger partial charge on any atom is 0.255 e. The van der Waals surface area contributed by atoms with Crippen molar-refractivity contribution in [2.75, 3.05) is 6.54 Å². The first-order chi connectivity index (χ1) is 12.5. The van der Waals surface area contributed by atoms with Crippen molar-refractivity contribution >= 4 is 18.1 Å². The van der Waals surface area contributed by atoms with Crippen molar-refractivity contribution in [1.29, 1.82) is 0 Å². The molecule has 4 N–H and O–H groups in total. The summed E-state index contributed by atoms with van der Waals surface area (Å²) >= 11 is 0. The Bertz CT molecular complexity index is 784. The topological polar surface area (TPSA) is 89.8 Å². The number of carbonyl (C=O) groups excluding carboxylic acids is 1. The SMILES string of the molecule is CCCCCCNC(=O)c1cc(/C=C/c2cc(O)ccc2O)ccc1O. The number of amides is 1. The molecule has 0 spiro atoms. The van der Waals surface area contributed by atoms with Crippen LogP contribution < -0.4 is 5.32 Å². The molecule has 0 atom stereocenters. The molecular formula is C21H25NO4. The molecule has 0 aromatic heterocycles. The monoisotopic (exact) mass is 355 g/mol. The fraction of sp³-hybridized carbons (Fsp3) is 0.286. The Morgan fingerprint density at radius 1 is 0.962 bits per heavy atom. The number of unbranched alkanes of at least 4 members (excludes halogenated alkanes) is 3. The number of nitrogens with one attached hydrogen (secondary N) is 1. The first-order valence-corrected chi connectivity index (χ1v) is 8.82. The molecule has 1 amide bonds. The summed E-state index contributed by atoms with van der Waals surface area (Å²) in [4.78, 5) is 12.3. The zero-order chi connectivity index (χ0) is 18.9. The summed E-state index contributed by atoms with van der Waals surface area (Å²) in [6.07, 6.45) is 7.59. The molecule has 0 aliphatic rings. The lowest BCUT2D eigenvalue weighted by Crippen LogP contribution is -2.24. The summed E-state index contributed by atoms with van der Waals surface area (Å²) in [5, 5.41) is 32.1. The smallest absolute Gasteiger partial charge is 0.255 e. The Morgan fingerprint density at radius 2 is 1.73 bits per heavy atom. The second kappa shape index (κ2) is 9.51. The minimum Gasteiger partial charge on any atom is -0.508 e. The van der Waals surface area contributed by atoms with E-state index in [9.17, 15) is 20.1 Å². The van der Waals surface area contributed by atoms with Crippen LogP contribution in [0.4, 0.5) is 0 Å². The molecule has 0 unspecified atom stereocenters. The van der Waals surface area contributed by atoms with Gasteiger partial charge in [-0.05, 0) is 42.3 Å². The highest BCUT2D eigenvalue weighted by Crippen LogP contribution is 2.25. The maximum absolute atomic E-state index is 12.3. The van der Waals surface area contributed by atoms with E-state index >= 15 is 0 Å². The second-order valence-electron chi connectivity index (χ2n) is 6.17. The fourth-order valence-corrected chi connectivity index (χ4v) is 2.55. The molecule has 138 valence electrons. The van der Waals surface area contributed by atoms with Crippen LogP contribution in [-0.4, -0.2) is 27.8 Å². The van der Waals surface area contributed by atoms with Crippen LogP contribution in [0, 0.1) is 0 Å². The van der Waals surface area contributed by atoms with Crippen LogP contribution in [0.2, 0.25) is 0 Å². The van der Waals surface area contributed by atoms with Crippen LogP contribution in [0.5, 0.6) is 17.2 Å². The van der Waals surface area contributed by atoms with Gasteiger partial charge >= 0.3 is 0 Å². The Kier molecular flexibility index (Phi) is 7.09. The number of hydrogen-bond donors (Lipinski definition) is 4. The van der Waals surface area contributed by atoms with Crippen LogP contribution in [0.3, 0.4) is 0 Å². The molecule has 2 rings (SSSR count). The lowest BCUT2D eigenvalue weighted by atomic mass is 10.1. The summed E-state index contributed by atoms with van der Waals surface area (Å²) < 4.78 is 0. The van der Waals surface area contributed by atoms with Gasteiger partial charge in [-0.3, -0.25) is 4.79 Å². The lowest BCUT2D eigenvalue weighted by molar-refractivity contribution is 0.0950. The van der Waals surface area contributed by atoms with E-state index < -0.39 is 0 Å². The van der Waals surface area contributed by atoms with E-state index in [0.717, 1.165) is 25.7 Å². The summed E-state index contributed by atoms with van der Waals surface area (Å²) in [7, 11) is 0. The van der Waals surface area contributed by atoms with Gasteiger partial charge in [0.15, 0.2) is 0 Å². The van der Waals surface area contributed by atoms with Crippen molar-refractivity contribution in [3.05, 3.63) is 53.1 Å². The molecule has 0 saturated heterocycles. The molecule has 5 nitrogen and oxygen atoms in total. The van der Waals surface area contributed by atoms with Crippen LogP contribution in [0.25, 0.3) is 12.2 Å². The summed E-state index contributed by atoms with van der Waals surface area (Å²) in [5.74, 6) is -0.290. The van der Waals surface area contributed by atoms with Gasteiger partial charge in [-0.15, -0.1) is 0 Å². The number of hydrogen-bond acceptors (Lipinski definition) is 4. The number of aromatic hydroxyl groups is 3. The molecule has 2 aromatic carbocycles. The van der Waals surface area contributed by atoms with Crippen molar-refractivity contribution in [3.63, 3.8) is 0 Å². The van der Waals surface area contributed by atoms with Crippen molar-refractivity contribution in [2.45, 2.75) is 32.6 Å². The average Bonchev–Trinajstić information content (AvgIpc) is 2.63. The van der Waals surface area contributed by atoms with E-state index in [2.05, 4.69) is 12.2 Å². The van der Waals surface area contributed by atoms with Crippen LogP contribution in [-0.2, 0) is 0 Å². The highest BCUT2D eigenvalue weighted by molar-refractivity contribution is 5.97. The van der Waals surface area contributed by atoms with Gasteiger partial charge in [0.25, 0.3) is 5.91 Å². The lowest BCUT2D eigenvalue weighted by Gasteiger charge is -2.08. The molecule has 0 bridgehead atoms. The van der Waals surface area contributed by atoms with E-state index in [0.29, 0.717) is 17.7 Å². The van der Waals surface area contributed by atoms with Crippen molar-refractivity contribution in [2.24, 2.45) is 0 Å². The average molecular weight is 355 g/mol. The Morgan fingerprint density at radius 3 is 2.50 bits per heavy atom. The van der Waals surface area contributed by atoms with Gasteiger partial charge in [0, 0.05) is 12.1 Å². The van der Waals surface area contributed by atoms with E-state index in [4.69, 9.17) is 0 Å². The zero-order valence-electron chi connectivity index (χ0n) is 14.9. The van der Waals surface area contributed by atoms with Gasteiger partial charge in [0.2, 0.25) is 0 Å². The van der Waals surface area contributed by atoms with Gasteiger partial charge in [0.1, 0.15) is 17.2 Å². The third-order valence-electron chi connectivity index (χ3n) is 4.05. The van der Waals surface area contributed by atoms with Crippen LogP contribution >= 0.6 is 0 Å². The van der Waals surface area contributed by atoms with E-state index in [1.807, 2.05) is 0 Å². The number of phenolic OH excluding ortho intramolecular Hbond substituents is 3. The van der Waals surface area contributed by atoms with E-state index in [1.54, 1.807) is 24.3 Å². The molecule has 26 heavy (non-hydrogen) atoms. The first kappa shape index (κ1) is 19.4. The minimum absolute atomic E-state index is 0.0443. The van der Waals surface area contributed by atoms with Gasteiger partial charge in [0.05, 0.1) is 5.56 Å². The third kappa shape index (κ3) is 5.55. The fourth-order valence-electron chi connectivity index (χ4n) is 2.55. The van der Waals surface area contributed by atoms with Crippen molar-refractivity contribution < 1.29 is 20.1 Å². The number of benzene rings is 2. The van der Waals surface area contributed by atoms with Crippen LogP contribution in [0.1, 0.15) is 54.1 Å². The van der Waals surface area contributed by atoms with E-state index in [1.165, 1.54) is 24.3 Å². The molecule has 0 aliphatic carbocycles. The quantitative estimate of drug-likeness (QED) is 0.323. The predicted octanol–water partition coefficient (Wildman–Crippen LogP) is 4.28. The Balaban J connectivity index is 2.07. The zero-order valence-corrected chi connectivity index (χ0v) is 14.9. The van der Waals surface area contributed by atoms with Crippen LogP contribution in [0.15, 0.2) is 36.4 Å². The molecule has 0 aliphatic heterocycles. The molecule has 0 saturated carbocycles. The van der Waals surface area contributed by atoms with Gasteiger partial charge in [-0.25, -0.2) is 0 Å². The normalized spacial score (nSPS) is 11.0. The molecule has 0 fully saturated rings. The third-order valence-corrected chi connectivity index (χ3v) is 4.05. The minimum atomic E-state index is -0.311. The predicted molar refractivity (Wildman–Crippen MR) is 103 cm³/mol. The molecule has 2 aromatic rings.